The second kappa shape index (κ2) is 4.80. The molecule has 0 spiro atoms. The summed E-state index contributed by atoms with van der Waals surface area (Å²) in [6, 6.07) is 7.78. The molecule has 0 aliphatic rings. The predicted octanol–water partition coefficient (Wildman–Crippen LogP) is 3.81. The maximum atomic E-state index is 12.1. The summed E-state index contributed by atoms with van der Waals surface area (Å²) in [7, 11) is 0. The molecular weight excluding hydrogens is 230 g/mol. The van der Waals surface area contributed by atoms with Crippen LogP contribution in [0.4, 0.5) is 0 Å². The molecule has 3 heteroatoms. The van der Waals surface area contributed by atoms with Crippen LogP contribution in [0.25, 0.3) is 0 Å². The first-order valence-corrected chi connectivity index (χ1v) is 6.52. The fourth-order valence-electron chi connectivity index (χ4n) is 1.63. The van der Waals surface area contributed by atoms with Crippen molar-refractivity contribution in [3.05, 3.63) is 51.5 Å². The van der Waals surface area contributed by atoms with Crippen molar-refractivity contribution in [1.29, 1.82) is 0 Å². The average Bonchev–Trinajstić information content (AvgIpc) is 2.75. The van der Waals surface area contributed by atoms with Gasteiger partial charge in [0.1, 0.15) is 5.69 Å². The third-order valence-electron chi connectivity index (χ3n) is 2.69. The van der Waals surface area contributed by atoms with Gasteiger partial charge in [-0.15, -0.1) is 11.3 Å². The molecule has 2 aromatic rings. The van der Waals surface area contributed by atoms with Gasteiger partial charge in [0.05, 0.1) is 5.01 Å². The highest BCUT2D eigenvalue weighted by molar-refractivity contribution is 7.09. The van der Waals surface area contributed by atoms with Crippen LogP contribution in [0.3, 0.4) is 0 Å². The maximum absolute atomic E-state index is 12.1. The molecular formula is C14H15NOS. The average molecular weight is 245 g/mol. The van der Waals surface area contributed by atoms with Gasteiger partial charge in [-0.3, -0.25) is 4.79 Å². The minimum absolute atomic E-state index is 0.00431. The quantitative estimate of drug-likeness (QED) is 0.770. The number of aromatic nitrogens is 1. The fraction of sp³-hybridized carbons (Fsp3) is 0.286. The highest BCUT2D eigenvalue weighted by Gasteiger charge is 2.12. The molecule has 1 aromatic heterocycles. The van der Waals surface area contributed by atoms with Crippen molar-refractivity contribution in [3.8, 4) is 0 Å². The van der Waals surface area contributed by atoms with Gasteiger partial charge in [-0.05, 0) is 18.4 Å². The van der Waals surface area contributed by atoms with Crippen LogP contribution in [-0.2, 0) is 0 Å². The number of aryl methyl sites for hydroxylation is 1. The van der Waals surface area contributed by atoms with Crippen LogP contribution in [-0.4, -0.2) is 10.8 Å². The van der Waals surface area contributed by atoms with Crippen LogP contribution >= 0.6 is 11.3 Å². The van der Waals surface area contributed by atoms with E-state index in [0.29, 0.717) is 17.2 Å². The predicted molar refractivity (Wildman–Crippen MR) is 70.8 cm³/mol. The SMILES string of the molecule is Cc1nc(C(=O)c2ccc(C(C)C)cc2)cs1. The molecule has 0 saturated heterocycles. The Morgan fingerprint density at radius 3 is 2.35 bits per heavy atom. The van der Waals surface area contributed by atoms with Crippen molar-refractivity contribution >= 4 is 17.1 Å². The van der Waals surface area contributed by atoms with Crippen molar-refractivity contribution in [2.24, 2.45) is 0 Å². The van der Waals surface area contributed by atoms with Crippen LogP contribution in [0.15, 0.2) is 29.6 Å². The van der Waals surface area contributed by atoms with E-state index in [1.807, 2.05) is 36.6 Å². The Balaban J connectivity index is 2.26. The number of carbonyl (C=O) groups excluding carboxylic acids is 1. The molecule has 2 nitrogen and oxygen atoms in total. The van der Waals surface area contributed by atoms with Crippen LogP contribution in [0.1, 0.15) is 46.4 Å². The van der Waals surface area contributed by atoms with E-state index in [0.717, 1.165) is 5.01 Å². The molecule has 0 saturated carbocycles. The molecule has 0 fully saturated rings. The zero-order valence-corrected chi connectivity index (χ0v) is 11.0. The van der Waals surface area contributed by atoms with Crippen LogP contribution in [0.5, 0.6) is 0 Å². The van der Waals surface area contributed by atoms with Gasteiger partial charge in [0, 0.05) is 10.9 Å². The van der Waals surface area contributed by atoms with Gasteiger partial charge < -0.3 is 0 Å². The normalized spacial score (nSPS) is 10.8. The number of nitrogens with zero attached hydrogens (tertiary/aromatic N) is 1. The van der Waals surface area contributed by atoms with Gasteiger partial charge in [0.25, 0.3) is 0 Å². The number of rotatable bonds is 3. The summed E-state index contributed by atoms with van der Waals surface area (Å²) < 4.78 is 0. The third-order valence-corrected chi connectivity index (χ3v) is 3.46. The molecule has 0 N–H and O–H groups in total. The van der Waals surface area contributed by atoms with Crippen molar-refractivity contribution in [2.45, 2.75) is 26.7 Å². The second-order valence-electron chi connectivity index (χ2n) is 4.36. The van der Waals surface area contributed by atoms with Crippen molar-refractivity contribution in [2.75, 3.05) is 0 Å². The summed E-state index contributed by atoms with van der Waals surface area (Å²) in [5.41, 5.74) is 2.50. The molecule has 0 amide bonds. The number of hydrogen-bond donors (Lipinski definition) is 0. The summed E-state index contributed by atoms with van der Waals surface area (Å²) >= 11 is 1.50. The molecule has 88 valence electrons. The Labute approximate surface area is 105 Å². The largest absolute Gasteiger partial charge is 0.287 e. The fourth-order valence-corrected chi connectivity index (χ4v) is 2.23. The number of benzene rings is 1. The Morgan fingerprint density at radius 2 is 1.88 bits per heavy atom. The maximum Gasteiger partial charge on any atom is 0.212 e. The van der Waals surface area contributed by atoms with Gasteiger partial charge in [-0.1, -0.05) is 38.1 Å². The zero-order valence-electron chi connectivity index (χ0n) is 10.2. The lowest BCUT2D eigenvalue weighted by atomic mass is 10.00. The van der Waals surface area contributed by atoms with Crippen molar-refractivity contribution < 1.29 is 4.79 Å². The molecule has 0 aliphatic heterocycles. The summed E-state index contributed by atoms with van der Waals surface area (Å²) in [4.78, 5) is 16.3. The van der Waals surface area contributed by atoms with Gasteiger partial charge in [-0.2, -0.15) is 0 Å². The highest BCUT2D eigenvalue weighted by Crippen LogP contribution is 2.17. The van der Waals surface area contributed by atoms with E-state index in [4.69, 9.17) is 0 Å². The summed E-state index contributed by atoms with van der Waals surface area (Å²) in [5.74, 6) is 0.491. The van der Waals surface area contributed by atoms with Crippen LogP contribution in [0.2, 0.25) is 0 Å². The Hall–Kier alpha value is -1.48. The summed E-state index contributed by atoms with van der Waals surface area (Å²) in [6.07, 6.45) is 0. The number of thiazole rings is 1. The van der Waals surface area contributed by atoms with Crippen molar-refractivity contribution in [1.82, 2.24) is 4.98 Å². The number of carbonyl (C=O) groups is 1. The molecule has 1 aromatic carbocycles. The number of ketones is 1. The Bertz CT molecular complexity index is 525. The second-order valence-corrected chi connectivity index (χ2v) is 5.42. The Morgan fingerprint density at radius 1 is 1.24 bits per heavy atom. The van der Waals surface area contributed by atoms with E-state index in [1.54, 1.807) is 0 Å². The van der Waals surface area contributed by atoms with E-state index in [1.165, 1.54) is 16.9 Å². The van der Waals surface area contributed by atoms with E-state index in [-0.39, 0.29) is 5.78 Å². The first-order chi connectivity index (χ1) is 8.08. The summed E-state index contributed by atoms with van der Waals surface area (Å²) in [6.45, 7) is 6.19. The smallest absolute Gasteiger partial charge is 0.212 e. The molecule has 2 rings (SSSR count). The minimum Gasteiger partial charge on any atom is -0.287 e. The molecule has 0 radical (unpaired) electrons. The summed E-state index contributed by atoms with van der Waals surface area (Å²) in [5, 5.41) is 2.74. The number of hydrogen-bond acceptors (Lipinski definition) is 3. The monoisotopic (exact) mass is 245 g/mol. The van der Waals surface area contributed by atoms with Gasteiger partial charge in [0.15, 0.2) is 0 Å². The van der Waals surface area contributed by atoms with Gasteiger partial charge in [-0.25, -0.2) is 4.98 Å². The van der Waals surface area contributed by atoms with E-state index in [2.05, 4.69) is 18.8 Å². The van der Waals surface area contributed by atoms with Gasteiger partial charge in [0.2, 0.25) is 5.78 Å². The topological polar surface area (TPSA) is 30.0 Å². The Kier molecular flexibility index (Phi) is 3.38. The molecule has 17 heavy (non-hydrogen) atoms. The minimum atomic E-state index is 0.00431. The van der Waals surface area contributed by atoms with E-state index < -0.39 is 0 Å². The first-order valence-electron chi connectivity index (χ1n) is 5.64. The molecule has 0 atom stereocenters. The van der Waals surface area contributed by atoms with Crippen molar-refractivity contribution in [3.63, 3.8) is 0 Å². The van der Waals surface area contributed by atoms with E-state index in [9.17, 15) is 4.79 Å². The van der Waals surface area contributed by atoms with Crippen LogP contribution < -0.4 is 0 Å². The lowest BCUT2D eigenvalue weighted by Crippen LogP contribution is -2.02. The standard InChI is InChI=1S/C14H15NOS/c1-9(2)11-4-6-12(7-5-11)14(16)13-8-17-10(3)15-13/h4-9H,1-3H3. The molecule has 0 bridgehead atoms. The first kappa shape index (κ1) is 12.0. The lowest BCUT2D eigenvalue weighted by Gasteiger charge is -2.05. The lowest BCUT2D eigenvalue weighted by molar-refractivity contribution is 0.103. The highest BCUT2D eigenvalue weighted by atomic mass is 32.1. The van der Waals surface area contributed by atoms with E-state index >= 15 is 0 Å². The van der Waals surface area contributed by atoms with Crippen LogP contribution in [0, 0.1) is 6.92 Å². The molecule has 0 unspecified atom stereocenters. The molecule has 0 aliphatic carbocycles. The third kappa shape index (κ3) is 2.61. The van der Waals surface area contributed by atoms with Gasteiger partial charge >= 0.3 is 0 Å². The zero-order chi connectivity index (χ0) is 12.4. The molecule has 1 heterocycles.